The van der Waals surface area contributed by atoms with Crippen molar-refractivity contribution < 1.29 is 4.79 Å². The van der Waals surface area contributed by atoms with Gasteiger partial charge < -0.3 is 14.8 Å². The van der Waals surface area contributed by atoms with Crippen molar-refractivity contribution in [2.75, 3.05) is 0 Å². The highest BCUT2D eigenvalue weighted by atomic mass is 16.2. The third-order valence-corrected chi connectivity index (χ3v) is 4.60. The van der Waals surface area contributed by atoms with Crippen LogP contribution in [0.1, 0.15) is 43.3 Å². The molecule has 0 unspecified atom stereocenters. The van der Waals surface area contributed by atoms with Crippen LogP contribution in [-0.2, 0) is 19.6 Å². The Morgan fingerprint density at radius 1 is 1.10 bits per heavy atom. The van der Waals surface area contributed by atoms with Gasteiger partial charge in [0.1, 0.15) is 5.82 Å². The van der Waals surface area contributed by atoms with Gasteiger partial charge in [0.05, 0.1) is 6.54 Å². The van der Waals surface area contributed by atoms with Crippen LogP contribution >= 0.6 is 0 Å². The first-order valence-electron chi connectivity index (χ1n) is 9.82. The zero-order valence-corrected chi connectivity index (χ0v) is 17.6. The summed E-state index contributed by atoms with van der Waals surface area (Å²) in [6, 6.07) is 12.1. The molecule has 2 aromatic heterocycles. The normalized spacial score (nSPS) is 11.3. The van der Waals surface area contributed by atoms with Crippen molar-refractivity contribution in [2.24, 2.45) is 0 Å². The first kappa shape index (κ1) is 20.6. The van der Waals surface area contributed by atoms with E-state index in [9.17, 15) is 4.79 Å². The Morgan fingerprint density at radius 2 is 1.90 bits per heavy atom. The highest BCUT2D eigenvalue weighted by Crippen LogP contribution is 2.14. The fourth-order valence-corrected chi connectivity index (χ4v) is 3.09. The van der Waals surface area contributed by atoms with Crippen LogP contribution < -0.4 is 5.32 Å². The Hall–Kier alpha value is -3.15. The van der Waals surface area contributed by atoms with Gasteiger partial charge in [-0.2, -0.15) is 0 Å². The predicted octanol–water partition coefficient (Wildman–Crippen LogP) is 4.15. The minimum atomic E-state index is -0.319. The van der Waals surface area contributed by atoms with Gasteiger partial charge in [0.25, 0.3) is 0 Å². The maximum Gasteiger partial charge on any atom is 0.318 e. The van der Waals surface area contributed by atoms with Crippen molar-refractivity contribution in [3.63, 3.8) is 0 Å². The Balaban J connectivity index is 1.81. The van der Waals surface area contributed by atoms with E-state index < -0.39 is 0 Å². The number of carbonyl (C=O) groups is 1. The molecule has 152 valence electrons. The van der Waals surface area contributed by atoms with Crippen LogP contribution in [0.4, 0.5) is 4.79 Å². The van der Waals surface area contributed by atoms with Crippen molar-refractivity contribution in [1.29, 1.82) is 0 Å². The number of rotatable bonds is 6. The smallest absolute Gasteiger partial charge is 0.318 e. The number of imidazole rings is 1. The van der Waals surface area contributed by atoms with Crippen molar-refractivity contribution in [3.05, 3.63) is 83.7 Å². The van der Waals surface area contributed by atoms with Gasteiger partial charge in [-0.1, -0.05) is 30.3 Å². The third-order valence-electron chi connectivity index (χ3n) is 4.60. The van der Waals surface area contributed by atoms with Gasteiger partial charge in [-0.25, -0.2) is 9.78 Å². The van der Waals surface area contributed by atoms with E-state index in [1.807, 2.05) is 51.2 Å². The molecule has 0 atom stereocenters. The molecule has 3 aromatic rings. The second kappa shape index (κ2) is 8.90. The number of benzene rings is 1. The molecule has 2 amide bonds. The first-order valence-corrected chi connectivity index (χ1v) is 9.82. The van der Waals surface area contributed by atoms with Crippen LogP contribution in [0, 0.1) is 6.92 Å². The lowest BCUT2D eigenvalue weighted by Crippen LogP contribution is -2.48. The summed E-state index contributed by atoms with van der Waals surface area (Å²) in [5, 5.41) is 3.06. The molecular weight excluding hydrogens is 362 g/mol. The van der Waals surface area contributed by atoms with Gasteiger partial charge >= 0.3 is 6.03 Å². The van der Waals surface area contributed by atoms with Gasteiger partial charge in [-0.3, -0.25) is 4.98 Å². The maximum atomic E-state index is 13.0. The van der Waals surface area contributed by atoms with Gasteiger partial charge in [-0.05, 0) is 50.5 Å². The Morgan fingerprint density at radius 3 is 2.59 bits per heavy atom. The Bertz CT molecular complexity index is 943. The fraction of sp³-hybridized carbons (Fsp3) is 0.348. The van der Waals surface area contributed by atoms with E-state index >= 15 is 0 Å². The molecule has 0 spiro atoms. The van der Waals surface area contributed by atoms with Crippen LogP contribution in [0.15, 0.2) is 61.2 Å². The molecular formula is C23H29N5O. The second-order valence-corrected chi connectivity index (χ2v) is 8.30. The lowest BCUT2D eigenvalue weighted by molar-refractivity contribution is 0.181. The second-order valence-electron chi connectivity index (χ2n) is 8.30. The molecule has 0 saturated heterocycles. The molecule has 1 aromatic carbocycles. The van der Waals surface area contributed by atoms with E-state index in [1.54, 1.807) is 23.5 Å². The molecule has 0 saturated carbocycles. The predicted molar refractivity (Wildman–Crippen MR) is 114 cm³/mol. The summed E-state index contributed by atoms with van der Waals surface area (Å²) in [6.45, 7) is 9.65. The average Bonchev–Trinajstić information content (AvgIpc) is 3.09. The summed E-state index contributed by atoms with van der Waals surface area (Å²) in [5.74, 6) is 0.848. The highest BCUT2D eigenvalue weighted by molar-refractivity contribution is 5.74. The van der Waals surface area contributed by atoms with E-state index in [0.717, 1.165) is 17.9 Å². The SMILES string of the molecule is Cc1ccccc1Cn1ccnc1CN(Cc1cccnc1)C(=O)NC(C)(C)C. The molecule has 0 radical (unpaired) electrons. The molecule has 6 nitrogen and oxygen atoms in total. The summed E-state index contributed by atoms with van der Waals surface area (Å²) >= 11 is 0. The van der Waals surface area contributed by atoms with E-state index in [2.05, 4.69) is 38.9 Å². The number of urea groups is 1. The van der Waals surface area contributed by atoms with Crippen LogP contribution in [0.3, 0.4) is 0 Å². The number of aryl methyl sites for hydroxylation is 1. The summed E-state index contributed by atoms with van der Waals surface area (Å²) in [6.07, 6.45) is 7.28. The number of nitrogens with zero attached hydrogens (tertiary/aromatic N) is 4. The number of nitrogens with one attached hydrogen (secondary N) is 1. The van der Waals surface area contributed by atoms with E-state index in [-0.39, 0.29) is 11.6 Å². The quantitative estimate of drug-likeness (QED) is 0.687. The van der Waals surface area contributed by atoms with Gasteiger partial charge in [0.15, 0.2) is 0 Å². The lowest BCUT2D eigenvalue weighted by atomic mass is 10.1. The Kier molecular flexibility index (Phi) is 6.32. The molecule has 0 aliphatic rings. The molecule has 0 bridgehead atoms. The number of hydrogen-bond donors (Lipinski definition) is 1. The zero-order valence-electron chi connectivity index (χ0n) is 17.6. The van der Waals surface area contributed by atoms with Gasteiger partial charge in [0.2, 0.25) is 0 Å². The number of carbonyl (C=O) groups excluding carboxylic acids is 1. The fourth-order valence-electron chi connectivity index (χ4n) is 3.09. The van der Waals surface area contributed by atoms with Crippen molar-refractivity contribution >= 4 is 6.03 Å². The first-order chi connectivity index (χ1) is 13.8. The highest BCUT2D eigenvalue weighted by Gasteiger charge is 2.22. The summed E-state index contributed by atoms with van der Waals surface area (Å²) < 4.78 is 2.10. The molecule has 2 heterocycles. The summed E-state index contributed by atoms with van der Waals surface area (Å²) in [4.78, 5) is 23.4. The zero-order chi connectivity index (χ0) is 20.9. The molecule has 0 fully saturated rings. The lowest BCUT2D eigenvalue weighted by Gasteiger charge is -2.28. The molecule has 1 N–H and O–H groups in total. The minimum Gasteiger partial charge on any atom is -0.333 e. The largest absolute Gasteiger partial charge is 0.333 e. The van der Waals surface area contributed by atoms with Crippen molar-refractivity contribution in [2.45, 2.75) is 52.9 Å². The molecule has 6 heteroatoms. The molecule has 29 heavy (non-hydrogen) atoms. The van der Waals surface area contributed by atoms with E-state index in [1.165, 1.54) is 11.1 Å². The topological polar surface area (TPSA) is 63.1 Å². The summed E-state index contributed by atoms with van der Waals surface area (Å²) in [7, 11) is 0. The maximum absolute atomic E-state index is 13.0. The number of pyridine rings is 1. The minimum absolute atomic E-state index is 0.119. The van der Waals surface area contributed by atoms with Crippen LogP contribution in [0.2, 0.25) is 0 Å². The average molecular weight is 392 g/mol. The van der Waals surface area contributed by atoms with Gasteiger partial charge in [0, 0.05) is 43.4 Å². The van der Waals surface area contributed by atoms with Crippen LogP contribution in [0.25, 0.3) is 0 Å². The molecule has 0 aliphatic carbocycles. The van der Waals surface area contributed by atoms with Crippen molar-refractivity contribution in [3.8, 4) is 0 Å². The number of amides is 2. The standard InChI is InChI=1S/C23H29N5O/c1-18-8-5-6-10-20(18)16-27-13-12-25-21(27)17-28(22(29)26-23(2,3)4)15-19-9-7-11-24-14-19/h5-14H,15-17H2,1-4H3,(H,26,29). The number of hydrogen-bond acceptors (Lipinski definition) is 3. The van der Waals surface area contributed by atoms with Crippen molar-refractivity contribution in [1.82, 2.24) is 24.8 Å². The summed E-state index contributed by atoms with van der Waals surface area (Å²) in [5.41, 5.74) is 3.14. The molecule has 3 rings (SSSR count). The van der Waals surface area contributed by atoms with E-state index in [4.69, 9.17) is 0 Å². The van der Waals surface area contributed by atoms with E-state index in [0.29, 0.717) is 13.1 Å². The monoisotopic (exact) mass is 391 g/mol. The van der Waals surface area contributed by atoms with Gasteiger partial charge in [-0.15, -0.1) is 0 Å². The molecule has 0 aliphatic heterocycles. The van der Waals surface area contributed by atoms with Crippen LogP contribution in [0.5, 0.6) is 0 Å². The number of aromatic nitrogens is 3. The Labute approximate surface area is 172 Å². The third kappa shape index (κ3) is 5.91. The van der Waals surface area contributed by atoms with Crippen LogP contribution in [-0.4, -0.2) is 31.0 Å².